The first-order chi connectivity index (χ1) is 9.69. The number of hydrogen-bond acceptors (Lipinski definition) is 3. The predicted molar refractivity (Wildman–Crippen MR) is 80.9 cm³/mol. The van der Waals surface area contributed by atoms with Gasteiger partial charge in [0.05, 0.1) is 0 Å². The smallest absolute Gasteiger partial charge is 0.195 e. The lowest BCUT2D eigenvalue weighted by Crippen LogP contribution is -2.39. The van der Waals surface area contributed by atoms with Gasteiger partial charge in [-0.05, 0) is 23.8 Å². The van der Waals surface area contributed by atoms with Crippen LogP contribution in [0.2, 0.25) is 0 Å². The summed E-state index contributed by atoms with van der Waals surface area (Å²) in [5.41, 5.74) is 1.18. The van der Waals surface area contributed by atoms with E-state index in [0.29, 0.717) is 5.56 Å². The molecule has 1 aliphatic rings. The number of carbonyl (C=O) groups is 2. The van der Waals surface area contributed by atoms with Crippen LogP contribution in [0.4, 0.5) is 5.69 Å². The maximum Gasteiger partial charge on any atom is 0.195 e. The molecule has 2 aromatic rings. The van der Waals surface area contributed by atoms with Crippen molar-refractivity contribution in [2.24, 2.45) is 0 Å². The van der Waals surface area contributed by atoms with Crippen LogP contribution in [0.1, 0.15) is 22.3 Å². The van der Waals surface area contributed by atoms with Crippen LogP contribution in [0.15, 0.2) is 53.0 Å². The van der Waals surface area contributed by atoms with Crippen LogP contribution in [0.5, 0.6) is 0 Å². The number of benzene rings is 2. The minimum Gasteiger partial charge on any atom is -0.368 e. The molecule has 1 aliphatic heterocycles. The zero-order chi connectivity index (χ0) is 14.2. The SMILES string of the molecule is O=CC[C@@]1(c2ccccc2Br)Nc2ccccc2C1=O. The monoisotopic (exact) mass is 329 g/mol. The summed E-state index contributed by atoms with van der Waals surface area (Å²) >= 11 is 3.48. The number of halogens is 1. The van der Waals surface area contributed by atoms with Crippen molar-refractivity contribution in [3.05, 3.63) is 64.1 Å². The lowest BCUT2D eigenvalue weighted by atomic mass is 9.83. The van der Waals surface area contributed by atoms with Crippen LogP contribution >= 0.6 is 15.9 Å². The highest BCUT2D eigenvalue weighted by atomic mass is 79.9. The number of para-hydroxylation sites is 1. The Hall–Kier alpha value is -1.94. The number of rotatable bonds is 3. The first-order valence-corrected chi connectivity index (χ1v) is 7.09. The van der Waals surface area contributed by atoms with Crippen LogP contribution in [-0.4, -0.2) is 12.1 Å². The summed E-state index contributed by atoms with van der Waals surface area (Å²) in [4.78, 5) is 24.0. The van der Waals surface area contributed by atoms with E-state index in [9.17, 15) is 9.59 Å². The van der Waals surface area contributed by atoms with Crippen molar-refractivity contribution in [2.45, 2.75) is 12.0 Å². The summed E-state index contributed by atoms with van der Waals surface area (Å²) in [5.74, 6) is -0.0629. The summed E-state index contributed by atoms with van der Waals surface area (Å²) in [7, 11) is 0. The largest absolute Gasteiger partial charge is 0.368 e. The summed E-state index contributed by atoms with van der Waals surface area (Å²) in [6.07, 6.45) is 0.888. The molecule has 0 unspecified atom stereocenters. The summed E-state index contributed by atoms with van der Waals surface area (Å²) < 4.78 is 0.815. The third-order valence-electron chi connectivity index (χ3n) is 3.63. The Bertz CT molecular complexity index is 698. The van der Waals surface area contributed by atoms with Gasteiger partial charge in [-0.15, -0.1) is 0 Å². The number of Topliss-reactive ketones (excluding diaryl/α,β-unsaturated/α-hetero) is 1. The number of fused-ring (bicyclic) bond motifs is 1. The Labute approximate surface area is 125 Å². The van der Waals surface area contributed by atoms with Gasteiger partial charge in [-0.1, -0.05) is 46.3 Å². The van der Waals surface area contributed by atoms with Gasteiger partial charge in [0, 0.05) is 22.1 Å². The average molecular weight is 330 g/mol. The topological polar surface area (TPSA) is 46.2 Å². The molecular formula is C16H12BrNO2. The highest BCUT2D eigenvalue weighted by Gasteiger charge is 2.47. The molecule has 0 saturated carbocycles. The quantitative estimate of drug-likeness (QED) is 0.876. The van der Waals surface area contributed by atoms with Crippen molar-refractivity contribution in [1.29, 1.82) is 0 Å². The Kier molecular flexibility index (Phi) is 3.18. The number of nitrogens with one attached hydrogen (secondary N) is 1. The highest BCUT2D eigenvalue weighted by Crippen LogP contribution is 2.43. The molecule has 4 heteroatoms. The van der Waals surface area contributed by atoms with Crippen molar-refractivity contribution >= 4 is 33.7 Å². The average Bonchev–Trinajstić information content (AvgIpc) is 2.74. The fourth-order valence-electron chi connectivity index (χ4n) is 2.68. The minimum absolute atomic E-state index is 0.0629. The molecule has 0 saturated heterocycles. The van der Waals surface area contributed by atoms with Crippen molar-refractivity contribution in [3.8, 4) is 0 Å². The first kappa shape index (κ1) is 13.1. The maximum atomic E-state index is 12.8. The molecule has 0 radical (unpaired) electrons. The molecule has 1 heterocycles. The number of hydrogen-bond donors (Lipinski definition) is 1. The summed E-state index contributed by atoms with van der Waals surface area (Å²) in [6, 6.07) is 14.8. The molecule has 1 N–H and O–H groups in total. The zero-order valence-corrected chi connectivity index (χ0v) is 12.2. The molecule has 0 aliphatic carbocycles. The standard InChI is InChI=1S/C16H12BrNO2/c17-13-7-3-2-6-12(13)16(9-10-19)15(20)11-5-1-4-8-14(11)18-16/h1-8,10,18H,9H2/t16-/m0/s1. The van der Waals surface area contributed by atoms with Gasteiger partial charge in [0.2, 0.25) is 0 Å². The fourth-order valence-corrected chi connectivity index (χ4v) is 3.31. The van der Waals surface area contributed by atoms with E-state index in [4.69, 9.17) is 0 Å². The molecule has 0 aromatic heterocycles. The Morgan fingerprint density at radius 3 is 2.50 bits per heavy atom. The normalized spacial score (nSPS) is 20.4. The summed E-state index contributed by atoms with van der Waals surface area (Å²) in [6.45, 7) is 0. The molecule has 100 valence electrons. The molecule has 0 fully saturated rings. The number of ketones is 1. The minimum atomic E-state index is -1.01. The third-order valence-corrected chi connectivity index (χ3v) is 4.32. The second-order valence-corrected chi connectivity index (χ2v) is 5.61. The Morgan fingerprint density at radius 1 is 1.10 bits per heavy atom. The van der Waals surface area contributed by atoms with E-state index in [0.717, 1.165) is 22.0 Å². The molecule has 0 amide bonds. The number of aldehydes is 1. The highest BCUT2D eigenvalue weighted by molar-refractivity contribution is 9.10. The van der Waals surface area contributed by atoms with E-state index >= 15 is 0 Å². The van der Waals surface area contributed by atoms with E-state index in [2.05, 4.69) is 21.2 Å². The third kappa shape index (κ3) is 1.79. The van der Waals surface area contributed by atoms with Gasteiger partial charge in [-0.2, -0.15) is 0 Å². The van der Waals surface area contributed by atoms with Crippen LogP contribution in [0.3, 0.4) is 0 Å². The maximum absolute atomic E-state index is 12.8. The molecule has 0 bridgehead atoms. The van der Waals surface area contributed by atoms with Gasteiger partial charge in [-0.3, -0.25) is 4.79 Å². The van der Waals surface area contributed by atoms with E-state index in [1.807, 2.05) is 42.5 Å². The van der Waals surface area contributed by atoms with Crippen molar-refractivity contribution in [1.82, 2.24) is 0 Å². The molecule has 1 atom stereocenters. The molecule has 20 heavy (non-hydrogen) atoms. The molecule has 0 spiro atoms. The van der Waals surface area contributed by atoms with Gasteiger partial charge in [0.25, 0.3) is 0 Å². The van der Waals surface area contributed by atoms with E-state index in [1.165, 1.54) is 0 Å². The van der Waals surface area contributed by atoms with Gasteiger partial charge in [0.15, 0.2) is 5.78 Å². The van der Waals surface area contributed by atoms with Crippen LogP contribution < -0.4 is 5.32 Å². The van der Waals surface area contributed by atoms with E-state index in [1.54, 1.807) is 6.07 Å². The van der Waals surface area contributed by atoms with Gasteiger partial charge in [-0.25, -0.2) is 0 Å². The number of carbonyl (C=O) groups excluding carboxylic acids is 2. The van der Waals surface area contributed by atoms with E-state index in [-0.39, 0.29) is 12.2 Å². The van der Waals surface area contributed by atoms with Gasteiger partial charge in [0.1, 0.15) is 11.8 Å². The van der Waals surface area contributed by atoms with Gasteiger partial charge < -0.3 is 10.1 Å². The van der Waals surface area contributed by atoms with Crippen molar-refractivity contribution in [2.75, 3.05) is 5.32 Å². The molecule has 3 rings (SSSR count). The van der Waals surface area contributed by atoms with Crippen LogP contribution in [-0.2, 0) is 10.3 Å². The number of anilines is 1. The first-order valence-electron chi connectivity index (χ1n) is 6.30. The lowest BCUT2D eigenvalue weighted by Gasteiger charge is -2.28. The van der Waals surface area contributed by atoms with Crippen LogP contribution in [0.25, 0.3) is 0 Å². The predicted octanol–water partition coefficient (Wildman–Crippen LogP) is 3.54. The zero-order valence-electron chi connectivity index (χ0n) is 10.6. The Morgan fingerprint density at radius 2 is 1.80 bits per heavy atom. The second kappa shape index (κ2) is 4.87. The van der Waals surface area contributed by atoms with Crippen LogP contribution in [0, 0.1) is 0 Å². The molecular weight excluding hydrogens is 318 g/mol. The van der Waals surface area contributed by atoms with Crippen molar-refractivity contribution < 1.29 is 9.59 Å². The molecule has 2 aromatic carbocycles. The fraction of sp³-hybridized carbons (Fsp3) is 0.125. The van der Waals surface area contributed by atoms with Crippen molar-refractivity contribution in [3.63, 3.8) is 0 Å². The van der Waals surface area contributed by atoms with Gasteiger partial charge >= 0.3 is 0 Å². The summed E-state index contributed by atoms with van der Waals surface area (Å²) in [5, 5.41) is 3.24. The molecule has 3 nitrogen and oxygen atoms in total. The lowest BCUT2D eigenvalue weighted by molar-refractivity contribution is -0.108. The Balaban J connectivity index is 2.20. The van der Waals surface area contributed by atoms with E-state index < -0.39 is 5.54 Å². The second-order valence-electron chi connectivity index (χ2n) is 4.76.